The minimum atomic E-state index is -0.579. The normalized spacial score (nSPS) is 18.1. The first kappa shape index (κ1) is 21.3. The van der Waals surface area contributed by atoms with Crippen LogP contribution in [0.4, 0.5) is 5.69 Å². The minimum absolute atomic E-state index is 0.0814. The van der Waals surface area contributed by atoms with E-state index in [2.05, 4.69) is 36.8 Å². The number of carbonyl (C=O) groups is 2. The van der Waals surface area contributed by atoms with E-state index in [1.54, 1.807) is 12.1 Å². The second kappa shape index (κ2) is 9.45. The largest absolute Gasteiger partial charge is 0.325 e. The maximum absolute atomic E-state index is 12.6. The van der Waals surface area contributed by atoms with E-state index in [1.165, 1.54) is 11.8 Å². The zero-order valence-electron chi connectivity index (χ0n) is 16.6. The van der Waals surface area contributed by atoms with Crippen molar-refractivity contribution in [2.45, 2.75) is 18.6 Å². The molecule has 1 aliphatic rings. The van der Waals surface area contributed by atoms with Crippen molar-refractivity contribution in [3.8, 4) is 0 Å². The van der Waals surface area contributed by atoms with E-state index in [0.29, 0.717) is 10.9 Å². The van der Waals surface area contributed by atoms with Gasteiger partial charge in [0.25, 0.3) is 0 Å². The molecule has 3 aromatic rings. The van der Waals surface area contributed by atoms with Gasteiger partial charge in [0.2, 0.25) is 11.8 Å². The van der Waals surface area contributed by atoms with Crippen molar-refractivity contribution < 1.29 is 9.59 Å². The van der Waals surface area contributed by atoms with Crippen LogP contribution in [0.1, 0.15) is 18.9 Å². The van der Waals surface area contributed by atoms with E-state index >= 15 is 0 Å². The monoisotopic (exact) mass is 494 g/mol. The first-order valence-electron chi connectivity index (χ1n) is 9.63. The number of hydrogen-bond acceptors (Lipinski definition) is 5. The number of thioether (sulfide) groups is 1. The molecule has 2 amide bonds. The molecule has 6 nitrogen and oxygen atoms in total. The lowest BCUT2D eigenvalue weighted by Gasteiger charge is -2.21. The van der Waals surface area contributed by atoms with Crippen LogP contribution in [-0.4, -0.2) is 27.9 Å². The van der Waals surface area contributed by atoms with Crippen molar-refractivity contribution >= 4 is 66.8 Å². The molecule has 0 radical (unpaired) electrons. The Balaban J connectivity index is 1.51. The lowest BCUT2D eigenvalue weighted by molar-refractivity contribution is -0.123. The van der Waals surface area contributed by atoms with Crippen LogP contribution in [0, 0.1) is 0 Å². The molecule has 1 unspecified atom stereocenters. The van der Waals surface area contributed by atoms with Crippen LogP contribution in [0.25, 0.3) is 10.8 Å². The number of fused-ring (bicyclic) bond motifs is 1. The van der Waals surface area contributed by atoms with Gasteiger partial charge >= 0.3 is 0 Å². The third-order valence-corrected chi connectivity index (χ3v) is 6.35. The average Bonchev–Trinajstić information content (AvgIpc) is 2.78. The molecule has 1 atom stereocenters. The quantitative estimate of drug-likeness (QED) is 0.397. The Morgan fingerprint density at radius 2 is 1.84 bits per heavy atom. The molecule has 1 aliphatic heterocycles. The lowest BCUT2D eigenvalue weighted by Crippen LogP contribution is -2.41. The Kier molecular flexibility index (Phi) is 6.48. The number of nitrogens with zero attached hydrogens (tertiary/aromatic N) is 2. The van der Waals surface area contributed by atoms with Gasteiger partial charge < -0.3 is 10.6 Å². The Labute approximate surface area is 192 Å². The fourth-order valence-corrected chi connectivity index (χ4v) is 4.41. The van der Waals surface area contributed by atoms with E-state index in [1.807, 2.05) is 61.5 Å². The first-order chi connectivity index (χ1) is 15.0. The van der Waals surface area contributed by atoms with Gasteiger partial charge in [0, 0.05) is 22.1 Å². The van der Waals surface area contributed by atoms with Crippen LogP contribution in [-0.2, 0) is 9.59 Å². The van der Waals surface area contributed by atoms with Crippen LogP contribution in [0.5, 0.6) is 0 Å². The van der Waals surface area contributed by atoms with Crippen LogP contribution in [0.15, 0.2) is 81.4 Å². The molecule has 0 aromatic heterocycles. The summed E-state index contributed by atoms with van der Waals surface area (Å²) < 4.78 is 0.922. The Morgan fingerprint density at radius 1 is 1.10 bits per heavy atom. The predicted octanol–water partition coefficient (Wildman–Crippen LogP) is 4.94. The molecule has 0 aliphatic carbocycles. The van der Waals surface area contributed by atoms with Crippen molar-refractivity contribution in [1.82, 2.24) is 5.32 Å². The third kappa shape index (κ3) is 5.21. The molecule has 4 rings (SSSR count). The van der Waals surface area contributed by atoms with E-state index in [-0.39, 0.29) is 18.2 Å². The molecule has 3 aromatic carbocycles. The number of anilines is 1. The molecular formula is C23H19BrN4O2S. The van der Waals surface area contributed by atoms with E-state index in [4.69, 9.17) is 0 Å². The standard InChI is InChI=1S/C23H19BrN4O2S/c1-14(18-8-4-6-15-5-2-3-7-19(15)18)27-28-23-26-21(29)13-20(31-23)22(30)25-17-11-9-16(24)10-12-17/h2-12,20H,13H2,1H3,(H,25,30)(H,26,28,29)/b27-14+. The summed E-state index contributed by atoms with van der Waals surface area (Å²) >= 11 is 4.56. The van der Waals surface area contributed by atoms with Crippen molar-refractivity contribution in [3.63, 3.8) is 0 Å². The highest BCUT2D eigenvalue weighted by Crippen LogP contribution is 2.24. The number of amidine groups is 1. The van der Waals surface area contributed by atoms with Gasteiger partial charge in [0.15, 0.2) is 5.17 Å². The van der Waals surface area contributed by atoms with Crippen LogP contribution >= 0.6 is 27.7 Å². The Hall–Kier alpha value is -2.97. The predicted molar refractivity (Wildman–Crippen MR) is 131 cm³/mol. The third-order valence-electron chi connectivity index (χ3n) is 4.75. The highest BCUT2D eigenvalue weighted by atomic mass is 79.9. The van der Waals surface area contributed by atoms with Crippen molar-refractivity contribution in [1.29, 1.82) is 0 Å². The summed E-state index contributed by atoms with van der Waals surface area (Å²) in [5, 5.41) is 16.0. The number of nitrogens with one attached hydrogen (secondary N) is 2. The molecule has 156 valence electrons. The zero-order valence-corrected chi connectivity index (χ0v) is 19.0. The minimum Gasteiger partial charge on any atom is -0.325 e. The smallest absolute Gasteiger partial charge is 0.238 e. The summed E-state index contributed by atoms with van der Waals surface area (Å²) in [6, 6.07) is 21.3. The fourth-order valence-electron chi connectivity index (χ4n) is 3.21. The van der Waals surface area contributed by atoms with Crippen molar-refractivity contribution in [3.05, 3.63) is 76.8 Å². The molecule has 1 fully saturated rings. The number of benzene rings is 3. The average molecular weight is 495 g/mol. The number of hydrogen-bond donors (Lipinski definition) is 2. The summed E-state index contributed by atoms with van der Waals surface area (Å²) in [4.78, 5) is 24.8. The number of rotatable bonds is 4. The number of carbonyl (C=O) groups excluding carboxylic acids is 2. The summed E-state index contributed by atoms with van der Waals surface area (Å²) in [6.07, 6.45) is 0.0814. The SMILES string of the molecule is C/C(=N\N=C1/NC(=O)CC(C(=O)Nc2ccc(Br)cc2)S1)c1cccc2ccccc12. The highest BCUT2D eigenvalue weighted by Gasteiger charge is 2.30. The molecular weight excluding hydrogens is 476 g/mol. The van der Waals surface area contributed by atoms with Gasteiger partial charge in [-0.3, -0.25) is 9.59 Å². The maximum Gasteiger partial charge on any atom is 0.238 e. The number of amides is 2. The summed E-state index contributed by atoms with van der Waals surface area (Å²) in [5.41, 5.74) is 2.36. The fraction of sp³-hybridized carbons (Fsp3) is 0.130. The first-order valence-corrected chi connectivity index (χ1v) is 11.3. The van der Waals surface area contributed by atoms with E-state index in [9.17, 15) is 9.59 Å². The second-order valence-electron chi connectivity index (χ2n) is 6.97. The number of halogens is 1. The molecule has 0 spiro atoms. The van der Waals surface area contributed by atoms with Gasteiger partial charge in [-0.15, -0.1) is 5.10 Å². The van der Waals surface area contributed by atoms with Gasteiger partial charge in [0.05, 0.1) is 5.71 Å². The molecule has 8 heteroatoms. The molecule has 1 saturated heterocycles. The van der Waals surface area contributed by atoms with Gasteiger partial charge in [-0.25, -0.2) is 0 Å². The van der Waals surface area contributed by atoms with Crippen LogP contribution in [0.3, 0.4) is 0 Å². The van der Waals surface area contributed by atoms with Gasteiger partial charge in [-0.1, -0.05) is 70.2 Å². The van der Waals surface area contributed by atoms with Crippen LogP contribution < -0.4 is 10.6 Å². The molecule has 1 heterocycles. The second-order valence-corrected chi connectivity index (χ2v) is 9.08. The van der Waals surface area contributed by atoms with Crippen molar-refractivity contribution in [2.24, 2.45) is 10.2 Å². The topological polar surface area (TPSA) is 82.9 Å². The highest BCUT2D eigenvalue weighted by molar-refractivity contribution is 9.10. The van der Waals surface area contributed by atoms with E-state index in [0.717, 1.165) is 26.5 Å². The summed E-state index contributed by atoms with van der Waals surface area (Å²) in [6.45, 7) is 1.87. The molecule has 31 heavy (non-hydrogen) atoms. The molecule has 0 bridgehead atoms. The maximum atomic E-state index is 12.6. The van der Waals surface area contributed by atoms with E-state index < -0.39 is 5.25 Å². The lowest BCUT2D eigenvalue weighted by atomic mass is 10.0. The van der Waals surface area contributed by atoms with Gasteiger partial charge in [-0.2, -0.15) is 5.10 Å². The van der Waals surface area contributed by atoms with Gasteiger partial charge in [-0.05, 0) is 42.0 Å². The van der Waals surface area contributed by atoms with Gasteiger partial charge in [0.1, 0.15) is 5.25 Å². The van der Waals surface area contributed by atoms with Crippen LogP contribution in [0.2, 0.25) is 0 Å². The molecule has 2 N–H and O–H groups in total. The van der Waals surface area contributed by atoms with Crippen molar-refractivity contribution in [2.75, 3.05) is 5.32 Å². The Morgan fingerprint density at radius 3 is 2.65 bits per heavy atom. The summed E-state index contributed by atoms with van der Waals surface area (Å²) in [5.74, 6) is -0.504. The summed E-state index contributed by atoms with van der Waals surface area (Å²) in [7, 11) is 0. The molecule has 0 saturated carbocycles. The Bertz CT molecular complexity index is 1200. The zero-order chi connectivity index (χ0) is 21.8.